The number of hydrogen-bond donors (Lipinski definition) is 1. The Kier molecular flexibility index (Phi) is 7.23. The van der Waals surface area contributed by atoms with E-state index in [2.05, 4.69) is 21.2 Å². The molecule has 2 amide bonds. The summed E-state index contributed by atoms with van der Waals surface area (Å²) in [5.41, 5.74) is -2.79. The molecule has 2 aliphatic rings. The molecule has 9 nitrogen and oxygen atoms in total. The van der Waals surface area contributed by atoms with Gasteiger partial charge in [0.05, 0.1) is 11.7 Å². The molecule has 0 saturated carbocycles. The topological polar surface area (TPSA) is 119 Å². The van der Waals surface area contributed by atoms with Crippen molar-refractivity contribution < 1.29 is 33.4 Å². The van der Waals surface area contributed by atoms with Gasteiger partial charge in [-0.1, -0.05) is 46.3 Å². The van der Waals surface area contributed by atoms with Gasteiger partial charge in [0.15, 0.2) is 0 Å². The molecule has 0 spiro atoms. The molecule has 0 aliphatic carbocycles. The van der Waals surface area contributed by atoms with E-state index in [1.165, 1.54) is 0 Å². The predicted octanol–water partition coefficient (Wildman–Crippen LogP) is 1.56. The van der Waals surface area contributed by atoms with Crippen LogP contribution in [-0.4, -0.2) is 67.8 Å². The molecule has 33 heavy (non-hydrogen) atoms. The summed E-state index contributed by atoms with van der Waals surface area (Å²) in [5.74, 6) is -3.91. The normalized spacial score (nSPS) is 26.7. The average molecular weight is 541 g/mol. The van der Waals surface area contributed by atoms with Crippen molar-refractivity contribution in [3.63, 3.8) is 0 Å². The summed E-state index contributed by atoms with van der Waals surface area (Å²) in [5, 5.41) is 0.789. The van der Waals surface area contributed by atoms with Crippen LogP contribution in [0.2, 0.25) is 0 Å². The number of carbonyl (C=O) groups is 5. The number of β-lactam (4-membered cyclic amide) rings is 1. The van der Waals surface area contributed by atoms with Crippen molar-refractivity contribution in [2.45, 2.75) is 62.1 Å². The van der Waals surface area contributed by atoms with Crippen molar-refractivity contribution in [2.24, 2.45) is 0 Å². The number of benzene rings is 1. The van der Waals surface area contributed by atoms with Crippen molar-refractivity contribution in [1.29, 1.82) is 0 Å². The van der Waals surface area contributed by atoms with Crippen molar-refractivity contribution in [3.05, 3.63) is 35.9 Å². The van der Waals surface area contributed by atoms with Gasteiger partial charge in [0.1, 0.15) is 22.3 Å². The van der Waals surface area contributed by atoms with Crippen LogP contribution in [0.3, 0.4) is 0 Å². The summed E-state index contributed by atoms with van der Waals surface area (Å²) in [7, 11) is 0. The second-order valence-corrected chi connectivity index (χ2v) is 10.7. The van der Waals surface area contributed by atoms with E-state index >= 15 is 0 Å². The minimum Gasteiger partial charge on any atom is -0.455 e. The molecule has 0 aromatic heterocycles. The van der Waals surface area contributed by atoms with Gasteiger partial charge < -0.3 is 14.8 Å². The minimum atomic E-state index is -2.55. The second kappa shape index (κ2) is 9.46. The number of rotatable bonds is 6. The largest absolute Gasteiger partial charge is 0.455 e. The lowest BCUT2D eigenvalue weighted by Gasteiger charge is -2.56. The monoisotopic (exact) mass is 540 g/mol. The summed E-state index contributed by atoms with van der Waals surface area (Å²) in [4.78, 5) is 65.3. The van der Waals surface area contributed by atoms with Crippen molar-refractivity contribution >= 4 is 57.2 Å². The molecule has 1 aromatic rings. The highest BCUT2D eigenvalue weighted by atomic mass is 79.9. The van der Waals surface area contributed by atoms with E-state index in [4.69, 9.17) is 9.47 Å². The van der Waals surface area contributed by atoms with Crippen LogP contribution in [-0.2, 0) is 39.9 Å². The quantitative estimate of drug-likeness (QED) is 0.250. The van der Waals surface area contributed by atoms with E-state index in [1.807, 2.05) is 6.07 Å². The van der Waals surface area contributed by atoms with Gasteiger partial charge in [0.2, 0.25) is 11.7 Å². The van der Waals surface area contributed by atoms with Crippen LogP contribution in [0.5, 0.6) is 0 Å². The molecule has 11 heteroatoms. The first kappa shape index (κ1) is 25.2. The fraction of sp³-hybridized carbons (Fsp3) is 0.500. The minimum absolute atomic E-state index is 0.0618. The van der Waals surface area contributed by atoms with E-state index in [0.29, 0.717) is 0 Å². The first-order chi connectivity index (χ1) is 15.4. The zero-order valence-electron chi connectivity index (χ0n) is 18.6. The number of ketones is 1. The number of fused-ring (bicyclic) bond motifs is 1. The van der Waals surface area contributed by atoms with E-state index < -0.39 is 51.6 Å². The Labute approximate surface area is 204 Å². The maximum Gasteiger partial charge on any atom is 0.381 e. The molecular formula is C22H25BrN2O7S. The highest BCUT2D eigenvalue weighted by Gasteiger charge is 2.71. The van der Waals surface area contributed by atoms with E-state index in [9.17, 15) is 24.0 Å². The number of halogens is 1. The highest BCUT2D eigenvalue weighted by Crippen LogP contribution is 2.46. The van der Waals surface area contributed by atoms with Gasteiger partial charge in [0, 0.05) is 0 Å². The van der Waals surface area contributed by atoms with Crippen molar-refractivity contribution in [1.82, 2.24) is 10.2 Å². The van der Waals surface area contributed by atoms with Crippen LogP contribution in [0.15, 0.2) is 30.3 Å². The Morgan fingerprint density at radius 3 is 2.39 bits per heavy atom. The SMILES string of the molecule is C[C@@H]1S[C@@H]2[C@H](NC(=O)Cc3ccccc3)C(=O)N2[C@](OC(=O)CBr)(C(=O)OC(C)(C)C)C1=O. The third-order valence-electron chi connectivity index (χ3n) is 5.00. The molecule has 2 aliphatic heterocycles. The molecule has 178 valence electrons. The number of nitrogens with one attached hydrogen (secondary N) is 1. The Balaban J connectivity index is 1.90. The number of amides is 2. The molecule has 0 radical (unpaired) electrons. The van der Waals surface area contributed by atoms with Crippen molar-refractivity contribution in [2.75, 3.05) is 5.33 Å². The van der Waals surface area contributed by atoms with E-state index in [0.717, 1.165) is 22.2 Å². The first-order valence-electron chi connectivity index (χ1n) is 10.3. The number of esters is 2. The molecule has 2 heterocycles. The molecule has 1 aromatic carbocycles. The molecular weight excluding hydrogens is 516 g/mol. The third-order valence-corrected chi connectivity index (χ3v) is 6.84. The molecule has 4 atom stereocenters. The van der Waals surface area contributed by atoms with Crippen molar-refractivity contribution in [3.8, 4) is 0 Å². The van der Waals surface area contributed by atoms with Crippen LogP contribution in [0.25, 0.3) is 0 Å². The van der Waals surface area contributed by atoms with Gasteiger partial charge in [-0.05, 0) is 33.3 Å². The lowest BCUT2D eigenvalue weighted by molar-refractivity contribution is -0.225. The second-order valence-electron chi connectivity index (χ2n) is 8.70. The van der Waals surface area contributed by atoms with Gasteiger partial charge in [0.25, 0.3) is 5.91 Å². The summed E-state index contributed by atoms with van der Waals surface area (Å²) < 4.78 is 10.7. The summed E-state index contributed by atoms with van der Waals surface area (Å²) in [6.07, 6.45) is 0.0618. The summed E-state index contributed by atoms with van der Waals surface area (Å²) >= 11 is 4.06. The Bertz CT molecular complexity index is 981. The number of thioether (sulfide) groups is 1. The third kappa shape index (κ3) is 4.93. The fourth-order valence-corrected chi connectivity index (χ4v) is 5.15. The zero-order chi connectivity index (χ0) is 24.6. The molecule has 0 unspecified atom stereocenters. The lowest BCUT2D eigenvalue weighted by atomic mass is 9.94. The zero-order valence-corrected chi connectivity index (χ0v) is 21.0. The predicted molar refractivity (Wildman–Crippen MR) is 123 cm³/mol. The average Bonchev–Trinajstić information content (AvgIpc) is 2.74. The Morgan fingerprint density at radius 1 is 1.18 bits per heavy atom. The van der Waals surface area contributed by atoms with Gasteiger partial charge in [-0.25, -0.2) is 4.79 Å². The summed E-state index contributed by atoms with van der Waals surface area (Å²) in [6, 6.07) is 8.03. The van der Waals surface area contributed by atoms with Gasteiger partial charge >= 0.3 is 17.7 Å². The standard InChI is InChI=1S/C22H25BrN2O7S/c1-12-17(28)22(31-15(27)11-23,20(30)32-21(2,3)4)25-18(29)16(19(25)33-12)24-14(26)10-13-8-6-5-7-9-13/h5-9,12,16,19H,10-11H2,1-4H3,(H,24,26)/t12-,16+,19+,22+/m0/s1. The molecule has 2 fully saturated rings. The number of carbonyl (C=O) groups excluding carboxylic acids is 5. The van der Waals surface area contributed by atoms with Gasteiger partial charge in [-0.2, -0.15) is 0 Å². The van der Waals surface area contributed by atoms with Crippen LogP contribution >= 0.6 is 27.7 Å². The fourth-order valence-electron chi connectivity index (χ4n) is 3.62. The van der Waals surface area contributed by atoms with Crippen LogP contribution in [0.4, 0.5) is 0 Å². The lowest BCUT2D eigenvalue weighted by Crippen LogP contribution is -2.83. The van der Waals surface area contributed by atoms with Crippen LogP contribution in [0.1, 0.15) is 33.3 Å². The Morgan fingerprint density at radius 2 is 1.82 bits per heavy atom. The number of ether oxygens (including phenoxy) is 2. The maximum atomic E-state index is 13.2. The number of Topliss-reactive ketones (excluding diaryl/α,β-unsaturated/α-hetero) is 1. The number of nitrogens with zero attached hydrogens (tertiary/aromatic N) is 1. The van der Waals surface area contributed by atoms with Crippen LogP contribution < -0.4 is 5.32 Å². The number of alkyl halides is 1. The maximum absolute atomic E-state index is 13.2. The molecule has 3 rings (SSSR count). The van der Waals surface area contributed by atoms with Crippen LogP contribution in [0, 0.1) is 0 Å². The molecule has 0 bridgehead atoms. The summed E-state index contributed by atoms with van der Waals surface area (Å²) in [6.45, 7) is 6.34. The first-order valence-corrected chi connectivity index (χ1v) is 12.3. The van der Waals surface area contributed by atoms with E-state index in [-0.39, 0.29) is 17.7 Å². The van der Waals surface area contributed by atoms with Gasteiger partial charge in [-0.3, -0.25) is 24.1 Å². The van der Waals surface area contributed by atoms with Gasteiger partial charge in [-0.15, -0.1) is 11.8 Å². The smallest absolute Gasteiger partial charge is 0.381 e. The number of hydrogen-bond acceptors (Lipinski definition) is 8. The van der Waals surface area contributed by atoms with E-state index in [1.54, 1.807) is 52.0 Å². The molecule has 2 saturated heterocycles. The highest BCUT2D eigenvalue weighted by molar-refractivity contribution is 9.09. The Hall–Kier alpha value is -2.40. The molecule has 1 N–H and O–H groups in total.